The standard InChI is InChI=1S/C13H16N2.C9H9NO3/c1-2-6-10(7-3-1)13-14-11-8-4-5-9-12(11)15-13;10-9(11)6-1-2-7-8(5-6)13-4-3-12-7/h4-5,8-10H,1-3,6-7H2,(H,14,15);1-2,5H,3-4H2,(H2,10,11). The Morgan fingerprint density at radius 3 is 2.50 bits per heavy atom. The van der Waals surface area contributed by atoms with Crippen LogP contribution in [0, 0.1) is 0 Å². The Balaban J connectivity index is 0.000000139. The van der Waals surface area contributed by atoms with Crippen molar-refractivity contribution < 1.29 is 14.3 Å². The van der Waals surface area contributed by atoms with Crippen LogP contribution in [0.4, 0.5) is 0 Å². The van der Waals surface area contributed by atoms with Gasteiger partial charge in [-0.3, -0.25) is 4.79 Å². The van der Waals surface area contributed by atoms with Gasteiger partial charge in [-0.1, -0.05) is 31.4 Å². The van der Waals surface area contributed by atoms with E-state index in [0.717, 1.165) is 5.52 Å². The van der Waals surface area contributed by atoms with E-state index in [1.165, 1.54) is 43.4 Å². The molecule has 6 heteroatoms. The van der Waals surface area contributed by atoms with Crippen molar-refractivity contribution >= 4 is 16.9 Å². The SMILES string of the molecule is NC(=O)c1ccc2c(c1)OCCO2.c1ccc2[nH]c(C3CCCCC3)nc2c1. The number of hydrogen-bond donors (Lipinski definition) is 2. The van der Waals surface area contributed by atoms with Crippen LogP contribution in [0.2, 0.25) is 0 Å². The monoisotopic (exact) mass is 379 g/mol. The van der Waals surface area contributed by atoms with Crippen molar-refractivity contribution in [3.63, 3.8) is 0 Å². The molecule has 0 unspecified atom stereocenters. The van der Waals surface area contributed by atoms with Gasteiger partial charge in [-0.2, -0.15) is 0 Å². The molecule has 1 aromatic heterocycles. The van der Waals surface area contributed by atoms with Gasteiger partial charge in [0, 0.05) is 11.5 Å². The number of ether oxygens (including phenoxy) is 2. The Labute approximate surface area is 164 Å². The molecule has 3 N–H and O–H groups in total. The summed E-state index contributed by atoms with van der Waals surface area (Å²) in [5.74, 6) is 2.66. The summed E-state index contributed by atoms with van der Waals surface area (Å²) in [6, 6.07) is 13.2. The molecule has 2 heterocycles. The van der Waals surface area contributed by atoms with Crippen molar-refractivity contribution in [2.75, 3.05) is 13.2 Å². The number of hydrogen-bond acceptors (Lipinski definition) is 4. The highest BCUT2D eigenvalue weighted by Crippen LogP contribution is 2.32. The first-order chi connectivity index (χ1) is 13.7. The average molecular weight is 379 g/mol. The molecule has 1 saturated carbocycles. The van der Waals surface area contributed by atoms with Gasteiger partial charge in [-0.25, -0.2) is 4.98 Å². The van der Waals surface area contributed by atoms with Crippen LogP contribution in [0.3, 0.4) is 0 Å². The first-order valence-corrected chi connectivity index (χ1v) is 9.85. The molecule has 1 fully saturated rings. The van der Waals surface area contributed by atoms with E-state index in [4.69, 9.17) is 15.2 Å². The van der Waals surface area contributed by atoms with Crippen molar-refractivity contribution in [3.05, 3.63) is 53.9 Å². The van der Waals surface area contributed by atoms with Crippen LogP contribution in [-0.4, -0.2) is 29.1 Å². The van der Waals surface area contributed by atoms with E-state index in [0.29, 0.717) is 36.2 Å². The fourth-order valence-corrected chi connectivity index (χ4v) is 3.74. The topological polar surface area (TPSA) is 90.2 Å². The number of fused-ring (bicyclic) bond motifs is 2. The second kappa shape index (κ2) is 8.33. The van der Waals surface area contributed by atoms with Gasteiger partial charge in [0.05, 0.1) is 11.0 Å². The highest BCUT2D eigenvalue weighted by Gasteiger charge is 2.18. The molecule has 0 atom stereocenters. The van der Waals surface area contributed by atoms with Crippen LogP contribution >= 0.6 is 0 Å². The van der Waals surface area contributed by atoms with E-state index < -0.39 is 5.91 Å². The quantitative estimate of drug-likeness (QED) is 0.699. The number of nitrogens with two attached hydrogens (primary N) is 1. The fraction of sp³-hybridized carbons (Fsp3) is 0.364. The van der Waals surface area contributed by atoms with E-state index in [9.17, 15) is 4.79 Å². The Kier molecular flexibility index (Phi) is 5.46. The van der Waals surface area contributed by atoms with Gasteiger partial charge in [-0.05, 0) is 43.2 Å². The second-order valence-corrected chi connectivity index (χ2v) is 7.20. The van der Waals surface area contributed by atoms with Gasteiger partial charge in [0.25, 0.3) is 0 Å². The number of imidazole rings is 1. The predicted molar refractivity (Wildman–Crippen MR) is 108 cm³/mol. The van der Waals surface area contributed by atoms with Crippen LogP contribution in [0.1, 0.15) is 54.2 Å². The summed E-state index contributed by atoms with van der Waals surface area (Å²) >= 11 is 0. The zero-order chi connectivity index (χ0) is 19.3. The summed E-state index contributed by atoms with van der Waals surface area (Å²) in [5, 5.41) is 0. The summed E-state index contributed by atoms with van der Waals surface area (Å²) in [7, 11) is 0. The minimum atomic E-state index is -0.461. The van der Waals surface area contributed by atoms with Gasteiger partial charge >= 0.3 is 0 Å². The molecule has 5 rings (SSSR count). The molecule has 6 nitrogen and oxygen atoms in total. The number of primary amides is 1. The lowest BCUT2D eigenvalue weighted by atomic mass is 9.89. The molecule has 0 spiro atoms. The number of nitrogens with zero attached hydrogens (tertiary/aromatic N) is 1. The number of H-pyrrole nitrogens is 1. The number of nitrogens with one attached hydrogen (secondary N) is 1. The zero-order valence-electron chi connectivity index (χ0n) is 15.8. The molecule has 1 aliphatic carbocycles. The molecule has 1 aliphatic heterocycles. The molecule has 1 amide bonds. The van der Waals surface area contributed by atoms with Crippen molar-refractivity contribution in [2.45, 2.75) is 38.0 Å². The van der Waals surface area contributed by atoms with Crippen LogP contribution in [0.25, 0.3) is 11.0 Å². The summed E-state index contributed by atoms with van der Waals surface area (Å²) in [5.41, 5.74) is 7.83. The predicted octanol–water partition coefficient (Wildman–Crippen LogP) is 4.17. The van der Waals surface area contributed by atoms with Gasteiger partial charge in [0.2, 0.25) is 5.91 Å². The molecule has 0 radical (unpaired) electrons. The van der Waals surface area contributed by atoms with E-state index in [1.54, 1.807) is 18.2 Å². The summed E-state index contributed by atoms with van der Waals surface area (Å²) in [6.07, 6.45) is 6.74. The largest absolute Gasteiger partial charge is 0.486 e. The number of amides is 1. The number of para-hydroxylation sites is 2. The highest BCUT2D eigenvalue weighted by molar-refractivity contribution is 5.93. The molecular formula is C22H25N3O3. The van der Waals surface area contributed by atoms with Crippen molar-refractivity contribution in [1.29, 1.82) is 0 Å². The molecule has 146 valence electrons. The normalized spacial score (nSPS) is 16.3. The number of carbonyl (C=O) groups is 1. The van der Waals surface area contributed by atoms with E-state index in [-0.39, 0.29) is 0 Å². The summed E-state index contributed by atoms with van der Waals surface area (Å²) in [6.45, 7) is 1.05. The van der Waals surface area contributed by atoms with Crippen LogP contribution < -0.4 is 15.2 Å². The van der Waals surface area contributed by atoms with Crippen molar-refractivity contribution in [2.24, 2.45) is 5.73 Å². The molecule has 3 aromatic rings. The minimum Gasteiger partial charge on any atom is -0.486 e. The van der Waals surface area contributed by atoms with Crippen LogP contribution in [-0.2, 0) is 0 Å². The maximum Gasteiger partial charge on any atom is 0.248 e. The third kappa shape index (κ3) is 4.11. The molecule has 28 heavy (non-hydrogen) atoms. The molecule has 2 aliphatic rings. The Morgan fingerprint density at radius 2 is 1.75 bits per heavy atom. The summed E-state index contributed by atoms with van der Waals surface area (Å²) < 4.78 is 10.6. The average Bonchev–Trinajstić information content (AvgIpc) is 3.19. The number of aromatic amines is 1. The maximum absolute atomic E-state index is 10.8. The lowest BCUT2D eigenvalue weighted by molar-refractivity contribution is 0.0999. The van der Waals surface area contributed by atoms with Crippen LogP contribution in [0.5, 0.6) is 11.5 Å². The number of rotatable bonds is 2. The second-order valence-electron chi connectivity index (χ2n) is 7.20. The first-order valence-electron chi connectivity index (χ1n) is 9.85. The van der Waals surface area contributed by atoms with Gasteiger partial charge in [-0.15, -0.1) is 0 Å². The number of benzene rings is 2. The van der Waals surface area contributed by atoms with E-state index >= 15 is 0 Å². The maximum atomic E-state index is 10.8. The third-order valence-electron chi connectivity index (χ3n) is 5.23. The molecular weight excluding hydrogens is 354 g/mol. The Bertz CT molecular complexity index is 928. The number of carbonyl (C=O) groups excluding carboxylic acids is 1. The highest BCUT2D eigenvalue weighted by atomic mass is 16.6. The van der Waals surface area contributed by atoms with Gasteiger partial charge < -0.3 is 20.2 Å². The van der Waals surface area contributed by atoms with E-state index in [1.807, 2.05) is 6.07 Å². The fourth-order valence-electron chi connectivity index (χ4n) is 3.74. The zero-order valence-corrected chi connectivity index (χ0v) is 15.8. The number of aromatic nitrogens is 2. The smallest absolute Gasteiger partial charge is 0.248 e. The van der Waals surface area contributed by atoms with Crippen molar-refractivity contribution in [3.8, 4) is 11.5 Å². The van der Waals surface area contributed by atoms with Crippen LogP contribution in [0.15, 0.2) is 42.5 Å². The van der Waals surface area contributed by atoms with Gasteiger partial charge in [0.1, 0.15) is 19.0 Å². The molecule has 0 bridgehead atoms. The molecule has 2 aromatic carbocycles. The Hall–Kier alpha value is -3.02. The van der Waals surface area contributed by atoms with Crippen molar-refractivity contribution in [1.82, 2.24) is 9.97 Å². The summed E-state index contributed by atoms with van der Waals surface area (Å²) in [4.78, 5) is 18.9. The third-order valence-corrected chi connectivity index (χ3v) is 5.23. The van der Waals surface area contributed by atoms with Gasteiger partial charge in [0.15, 0.2) is 11.5 Å². The minimum absolute atomic E-state index is 0.434. The van der Waals surface area contributed by atoms with E-state index in [2.05, 4.69) is 28.2 Å². The first kappa shape index (κ1) is 18.3. The molecule has 0 saturated heterocycles. The lowest BCUT2D eigenvalue weighted by Gasteiger charge is -2.18. The Morgan fingerprint density at radius 1 is 1.00 bits per heavy atom. The lowest BCUT2D eigenvalue weighted by Crippen LogP contribution is -2.17.